The fraction of sp³-hybridized carbons (Fsp3) is 0.389. The van der Waals surface area contributed by atoms with Crippen LogP contribution in [0.4, 0.5) is 0 Å². The average Bonchev–Trinajstić information content (AvgIpc) is 2.84. The number of nitriles is 1. The van der Waals surface area contributed by atoms with Crippen LogP contribution in [0.5, 0.6) is 0 Å². The van der Waals surface area contributed by atoms with Gasteiger partial charge in [0, 0.05) is 25.8 Å². The van der Waals surface area contributed by atoms with E-state index >= 15 is 0 Å². The van der Waals surface area contributed by atoms with E-state index in [4.69, 9.17) is 5.26 Å². The van der Waals surface area contributed by atoms with Crippen LogP contribution < -0.4 is 5.32 Å². The molecule has 0 aliphatic heterocycles. The summed E-state index contributed by atoms with van der Waals surface area (Å²) in [5, 5.41) is 12.6. The van der Waals surface area contributed by atoms with E-state index in [-0.39, 0.29) is 0 Å². The molecule has 1 atom stereocenters. The maximum absolute atomic E-state index is 9.01. The van der Waals surface area contributed by atoms with Crippen molar-refractivity contribution in [2.45, 2.75) is 32.9 Å². The molecule has 0 aliphatic carbocycles. The molecule has 0 bridgehead atoms. The molecule has 1 aromatic heterocycles. The maximum Gasteiger partial charge on any atom is 0.120 e. The summed E-state index contributed by atoms with van der Waals surface area (Å²) in [4.78, 5) is 0. The Balaban J connectivity index is 2.07. The van der Waals surface area contributed by atoms with Crippen molar-refractivity contribution >= 4 is 0 Å². The zero-order valence-corrected chi connectivity index (χ0v) is 13.0. The number of rotatable bonds is 6. The highest BCUT2D eigenvalue weighted by atomic mass is 15.0. The van der Waals surface area contributed by atoms with Crippen molar-refractivity contribution in [3.63, 3.8) is 0 Å². The molecule has 3 nitrogen and oxygen atoms in total. The molecular formula is C18H23N3. The van der Waals surface area contributed by atoms with Gasteiger partial charge in [0.05, 0.1) is 0 Å². The van der Waals surface area contributed by atoms with Gasteiger partial charge in [0.1, 0.15) is 11.8 Å². The summed E-state index contributed by atoms with van der Waals surface area (Å²) in [5.41, 5.74) is 3.17. The van der Waals surface area contributed by atoms with Gasteiger partial charge in [-0.05, 0) is 29.5 Å². The first kappa shape index (κ1) is 15.3. The zero-order valence-electron chi connectivity index (χ0n) is 13.0. The summed E-state index contributed by atoms with van der Waals surface area (Å²) >= 11 is 0. The van der Waals surface area contributed by atoms with Gasteiger partial charge in [-0.2, -0.15) is 5.26 Å². The van der Waals surface area contributed by atoms with Crippen LogP contribution in [0.15, 0.2) is 42.6 Å². The minimum Gasteiger partial charge on any atom is -0.342 e. The minimum absolute atomic E-state index is 0.344. The third-order valence-corrected chi connectivity index (χ3v) is 3.64. The van der Waals surface area contributed by atoms with Crippen LogP contribution >= 0.6 is 0 Å². The van der Waals surface area contributed by atoms with Gasteiger partial charge < -0.3 is 9.88 Å². The van der Waals surface area contributed by atoms with Crippen molar-refractivity contribution in [2.75, 3.05) is 0 Å². The predicted octanol–water partition coefficient (Wildman–Crippen LogP) is 3.77. The molecule has 0 saturated carbocycles. The lowest BCUT2D eigenvalue weighted by atomic mass is 9.97. The maximum atomic E-state index is 9.01. The molecule has 0 fully saturated rings. The zero-order chi connectivity index (χ0) is 15.2. The first-order valence-electron chi connectivity index (χ1n) is 7.43. The average molecular weight is 281 g/mol. The Bertz CT molecular complexity index is 605. The number of aryl methyl sites for hydroxylation is 1. The Morgan fingerprint density at radius 1 is 1.24 bits per heavy atom. The number of hydrogen-bond donors (Lipinski definition) is 1. The van der Waals surface area contributed by atoms with Crippen molar-refractivity contribution in [3.8, 4) is 6.07 Å². The van der Waals surface area contributed by atoms with Crippen molar-refractivity contribution in [2.24, 2.45) is 13.0 Å². The Labute approximate surface area is 127 Å². The van der Waals surface area contributed by atoms with E-state index in [0.717, 1.165) is 18.5 Å². The van der Waals surface area contributed by atoms with Crippen LogP contribution in [-0.4, -0.2) is 4.57 Å². The normalized spacial score (nSPS) is 12.3. The van der Waals surface area contributed by atoms with E-state index in [2.05, 4.69) is 49.5 Å². The lowest BCUT2D eigenvalue weighted by Gasteiger charge is -2.21. The summed E-state index contributed by atoms with van der Waals surface area (Å²) in [6.45, 7) is 5.27. The van der Waals surface area contributed by atoms with Gasteiger partial charge in [-0.25, -0.2) is 0 Å². The van der Waals surface area contributed by atoms with Crippen molar-refractivity contribution in [1.82, 2.24) is 9.88 Å². The number of nitrogens with one attached hydrogen (secondary N) is 1. The summed E-state index contributed by atoms with van der Waals surface area (Å²) in [7, 11) is 1.91. The highest BCUT2D eigenvalue weighted by molar-refractivity contribution is 5.28. The first-order valence-corrected chi connectivity index (χ1v) is 7.43. The van der Waals surface area contributed by atoms with Gasteiger partial charge in [-0.1, -0.05) is 44.2 Å². The number of benzene rings is 1. The van der Waals surface area contributed by atoms with Crippen molar-refractivity contribution in [3.05, 3.63) is 59.4 Å². The molecule has 2 rings (SSSR count). The minimum atomic E-state index is 0.344. The number of aromatic nitrogens is 1. The van der Waals surface area contributed by atoms with Gasteiger partial charge in [-0.3, -0.25) is 0 Å². The third kappa shape index (κ3) is 4.21. The molecule has 0 saturated heterocycles. The molecule has 110 valence electrons. The Morgan fingerprint density at radius 2 is 1.95 bits per heavy atom. The van der Waals surface area contributed by atoms with Gasteiger partial charge in [0.15, 0.2) is 0 Å². The van der Waals surface area contributed by atoms with Gasteiger partial charge in [0.25, 0.3) is 0 Å². The number of nitrogens with zero attached hydrogens (tertiary/aromatic N) is 2. The molecular weight excluding hydrogens is 258 g/mol. The second-order valence-electron chi connectivity index (χ2n) is 5.93. The van der Waals surface area contributed by atoms with E-state index in [1.54, 1.807) is 0 Å². The molecule has 1 N–H and O–H groups in total. The van der Waals surface area contributed by atoms with E-state index in [1.807, 2.05) is 29.9 Å². The van der Waals surface area contributed by atoms with Gasteiger partial charge >= 0.3 is 0 Å². The summed E-state index contributed by atoms with van der Waals surface area (Å²) in [6.07, 6.45) is 3.12. The van der Waals surface area contributed by atoms with Crippen LogP contribution in [0, 0.1) is 17.2 Å². The quantitative estimate of drug-likeness (QED) is 0.875. The fourth-order valence-electron chi connectivity index (χ4n) is 2.58. The van der Waals surface area contributed by atoms with E-state index in [0.29, 0.717) is 17.7 Å². The molecule has 0 radical (unpaired) electrons. The Morgan fingerprint density at radius 3 is 2.52 bits per heavy atom. The predicted molar refractivity (Wildman–Crippen MR) is 85.6 cm³/mol. The van der Waals surface area contributed by atoms with E-state index in [1.165, 1.54) is 5.56 Å². The first-order chi connectivity index (χ1) is 10.1. The van der Waals surface area contributed by atoms with Crippen molar-refractivity contribution < 1.29 is 0 Å². The molecule has 1 aromatic carbocycles. The molecule has 2 aromatic rings. The van der Waals surface area contributed by atoms with Crippen LogP contribution in [0.25, 0.3) is 0 Å². The third-order valence-electron chi connectivity index (χ3n) is 3.64. The molecule has 1 unspecified atom stereocenters. The Hall–Kier alpha value is -2.05. The highest BCUT2D eigenvalue weighted by Gasteiger charge is 2.13. The van der Waals surface area contributed by atoms with Crippen LogP contribution in [0.3, 0.4) is 0 Å². The summed E-state index contributed by atoms with van der Waals surface area (Å²) in [6, 6.07) is 15.1. The molecule has 0 spiro atoms. The lowest BCUT2D eigenvalue weighted by molar-refractivity contribution is 0.428. The second kappa shape index (κ2) is 7.10. The number of hydrogen-bond acceptors (Lipinski definition) is 2. The van der Waals surface area contributed by atoms with Crippen LogP contribution in [-0.2, 0) is 13.6 Å². The topological polar surface area (TPSA) is 40.8 Å². The molecule has 1 heterocycles. The highest BCUT2D eigenvalue weighted by Crippen LogP contribution is 2.21. The van der Waals surface area contributed by atoms with E-state index in [9.17, 15) is 0 Å². The lowest BCUT2D eigenvalue weighted by Crippen LogP contribution is -2.22. The molecule has 0 amide bonds. The van der Waals surface area contributed by atoms with Crippen LogP contribution in [0.2, 0.25) is 0 Å². The van der Waals surface area contributed by atoms with Crippen molar-refractivity contribution in [1.29, 1.82) is 5.26 Å². The second-order valence-corrected chi connectivity index (χ2v) is 5.93. The van der Waals surface area contributed by atoms with Gasteiger partial charge in [-0.15, -0.1) is 0 Å². The SMILES string of the molecule is CC(C)CC(NCc1cc(C#N)n(C)c1)c1ccccc1. The smallest absolute Gasteiger partial charge is 0.120 e. The Kier molecular flexibility index (Phi) is 5.19. The standard InChI is InChI=1S/C18H23N3/c1-14(2)9-18(16-7-5-4-6-8-16)20-12-15-10-17(11-19)21(3)13-15/h4-8,10,13-14,18,20H,9,12H2,1-3H3. The summed E-state index contributed by atoms with van der Waals surface area (Å²) in [5.74, 6) is 0.633. The van der Waals surface area contributed by atoms with Gasteiger partial charge in [0.2, 0.25) is 0 Å². The molecule has 21 heavy (non-hydrogen) atoms. The van der Waals surface area contributed by atoms with Crippen LogP contribution in [0.1, 0.15) is 43.1 Å². The fourth-order valence-corrected chi connectivity index (χ4v) is 2.58. The molecule has 0 aliphatic rings. The summed E-state index contributed by atoms with van der Waals surface area (Å²) < 4.78 is 1.87. The monoisotopic (exact) mass is 281 g/mol. The molecule has 3 heteroatoms. The largest absolute Gasteiger partial charge is 0.342 e. The van der Waals surface area contributed by atoms with E-state index < -0.39 is 0 Å².